The van der Waals surface area contributed by atoms with Gasteiger partial charge in [0, 0.05) is 37.4 Å². The van der Waals surface area contributed by atoms with Crippen LogP contribution in [0.2, 0.25) is 0 Å². The van der Waals surface area contributed by atoms with Crippen LogP contribution >= 0.6 is 0 Å². The van der Waals surface area contributed by atoms with Crippen molar-refractivity contribution in [3.05, 3.63) is 78.6 Å². The van der Waals surface area contributed by atoms with Gasteiger partial charge < -0.3 is 16.4 Å². The number of rotatable bonds is 7. The third kappa shape index (κ3) is 5.27. The normalized spacial score (nSPS) is 14.8. The molecule has 0 amide bonds. The van der Waals surface area contributed by atoms with Gasteiger partial charge in [0.25, 0.3) is 0 Å². The molecule has 1 aliphatic rings. The topological polar surface area (TPSA) is 110 Å². The van der Waals surface area contributed by atoms with Crippen LogP contribution in [0.1, 0.15) is 18.4 Å². The van der Waals surface area contributed by atoms with E-state index in [1.807, 2.05) is 36.4 Å². The van der Waals surface area contributed by atoms with E-state index in [0.29, 0.717) is 17.8 Å². The van der Waals surface area contributed by atoms with Crippen LogP contribution in [0, 0.1) is 0 Å². The largest absolute Gasteiger partial charge is 0.368 e. The molecular weight excluding hydrogens is 414 g/mol. The predicted octanol–water partition coefficient (Wildman–Crippen LogP) is 3.46. The summed E-state index contributed by atoms with van der Waals surface area (Å²) in [5.74, 6) is 2.00. The average molecular weight is 442 g/mol. The fourth-order valence-corrected chi connectivity index (χ4v) is 4.02. The number of likely N-dealkylation sites (tertiary alicyclic amines) is 1. The smallest absolute Gasteiger partial charge is 0.248 e. The van der Waals surface area contributed by atoms with Gasteiger partial charge >= 0.3 is 0 Å². The van der Waals surface area contributed by atoms with Crippen LogP contribution in [0.15, 0.2) is 73.1 Å². The van der Waals surface area contributed by atoms with E-state index in [-0.39, 0.29) is 5.95 Å². The van der Waals surface area contributed by atoms with E-state index in [4.69, 9.17) is 5.73 Å². The minimum absolute atomic E-state index is 0.257. The lowest BCUT2D eigenvalue weighted by Crippen LogP contribution is -2.38. The second-order valence-corrected chi connectivity index (χ2v) is 8.14. The second-order valence-electron chi connectivity index (χ2n) is 8.14. The average Bonchev–Trinajstić information content (AvgIpc) is 3.22. The summed E-state index contributed by atoms with van der Waals surface area (Å²) in [5.41, 5.74) is 8.35. The van der Waals surface area contributed by atoms with Gasteiger partial charge in [0.2, 0.25) is 11.9 Å². The van der Waals surface area contributed by atoms with Gasteiger partial charge in [-0.2, -0.15) is 9.67 Å². The van der Waals surface area contributed by atoms with E-state index in [1.54, 1.807) is 0 Å². The molecule has 1 aliphatic heterocycles. The number of piperidine rings is 1. The Bertz CT molecular complexity index is 1170. The number of hydrogen-bond donors (Lipinski definition) is 3. The number of benzene rings is 2. The molecule has 5 rings (SSSR count). The van der Waals surface area contributed by atoms with E-state index < -0.39 is 0 Å². The molecule has 0 saturated carbocycles. The summed E-state index contributed by atoms with van der Waals surface area (Å²) in [6.07, 6.45) is 3.64. The Balaban J connectivity index is 1.20. The number of para-hydroxylation sites is 1. The summed E-state index contributed by atoms with van der Waals surface area (Å²) < 4.78 is 1.51. The standard InChI is InChI=1S/C24H27N9/c25-23-30-24(29-19-9-5-2-6-10-19)31-33(23)22-15-21(26-17-27-22)28-20-11-13-32(14-12-20)16-18-7-3-1-4-8-18/h1-10,15,17,20H,11-14,16H2,(H,26,27,28)(H3,25,29,30,31). The Morgan fingerprint density at radius 3 is 2.42 bits per heavy atom. The van der Waals surface area contributed by atoms with Gasteiger partial charge in [-0.25, -0.2) is 9.97 Å². The summed E-state index contributed by atoms with van der Waals surface area (Å²) >= 11 is 0. The van der Waals surface area contributed by atoms with Gasteiger partial charge in [-0.1, -0.05) is 48.5 Å². The van der Waals surface area contributed by atoms with Crippen molar-refractivity contribution in [1.29, 1.82) is 0 Å². The monoisotopic (exact) mass is 441 g/mol. The first-order chi connectivity index (χ1) is 16.2. The van der Waals surface area contributed by atoms with Crippen molar-refractivity contribution in [1.82, 2.24) is 29.6 Å². The Hall–Kier alpha value is -3.98. The molecule has 0 spiro atoms. The first-order valence-corrected chi connectivity index (χ1v) is 11.1. The first kappa shape index (κ1) is 20.9. The Morgan fingerprint density at radius 1 is 0.939 bits per heavy atom. The van der Waals surface area contributed by atoms with Crippen LogP contribution in [-0.2, 0) is 6.54 Å². The highest BCUT2D eigenvalue weighted by Crippen LogP contribution is 2.20. The summed E-state index contributed by atoms with van der Waals surface area (Å²) in [7, 11) is 0. The fourth-order valence-electron chi connectivity index (χ4n) is 4.02. The first-order valence-electron chi connectivity index (χ1n) is 11.1. The molecule has 0 atom stereocenters. The highest BCUT2D eigenvalue weighted by atomic mass is 15.4. The molecule has 4 N–H and O–H groups in total. The zero-order chi connectivity index (χ0) is 22.5. The number of aromatic nitrogens is 5. The summed E-state index contributed by atoms with van der Waals surface area (Å²) in [5, 5.41) is 11.2. The molecular formula is C24H27N9. The number of nitrogen functional groups attached to an aromatic ring is 1. The van der Waals surface area contributed by atoms with Gasteiger partial charge in [-0.15, -0.1) is 5.10 Å². The van der Waals surface area contributed by atoms with Crippen molar-refractivity contribution in [2.45, 2.75) is 25.4 Å². The fraction of sp³-hybridized carbons (Fsp3) is 0.250. The van der Waals surface area contributed by atoms with E-state index >= 15 is 0 Å². The SMILES string of the molecule is Nc1nc(Nc2ccccc2)nn1-c1cc(NC2CCN(Cc3ccccc3)CC2)ncn1. The summed E-state index contributed by atoms with van der Waals surface area (Å²) in [4.78, 5) is 15.5. The van der Waals surface area contributed by atoms with Crippen molar-refractivity contribution >= 4 is 23.4 Å². The van der Waals surface area contributed by atoms with Gasteiger partial charge in [-0.3, -0.25) is 4.90 Å². The third-order valence-corrected chi connectivity index (χ3v) is 5.72. The van der Waals surface area contributed by atoms with E-state index in [1.165, 1.54) is 16.6 Å². The molecule has 33 heavy (non-hydrogen) atoms. The molecule has 9 nitrogen and oxygen atoms in total. The van der Waals surface area contributed by atoms with Crippen molar-refractivity contribution in [3.8, 4) is 5.82 Å². The van der Waals surface area contributed by atoms with Crippen LogP contribution in [-0.4, -0.2) is 48.8 Å². The van der Waals surface area contributed by atoms with Crippen LogP contribution in [0.4, 0.5) is 23.4 Å². The molecule has 168 valence electrons. The van der Waals surface area contributed by atoms with Gasteiger partial charge in [0.15, 0.2) is 5.82 Å². The maximum Gasteiger partial charge on any atom is 0.248 e. The molecule has 9 heteroatoms. The second kappa shape index (κ2) is 9.66. The molecule has 1 fully saturated rings. The lowest BCUT2D eigenvalue weighted by molar-refractivity contribution is 0.211. The quantitative estimate of drug-likeness (QED) is 0.400. The highest BCUT2D eigenvalue weighted by Gasteiger charge is 2.20. The Morgan fingerprint density at radius 2 is 1.67 bits per heavy atom. The molecule has 3 heterocycles. The van der Waals surface area contributed by atoms with E-state index in [2.05, 4.69) is 65.9 Å². The maximum atomic E-state index is 6.10. The number of nitrogens with two attached hydrogens (primary N) is 1. The zero-order valence-corrected chi connectivity index (χ0v) is 18.3. The summed E-state index contributed by atoms with van der Waals surface area (Å²) in [6, 6.07) is 22.6. The van der Waals surface area contributed by atoms with Crippen molar-refractivity contribution < 1.29 is 0 Å². The van der Waals surface area contributed by atoms with Crippen LogP contribution in [0.3, 0.4) is 0 Å². The molecule has 0 unspecified atom stereocenters. The minimum atomic E-state index is 0.257. The lowest BCUT2D eigenvalue weighted by Gasteiger charge is -2.32. The predicted molar refractivity (Wildman–Crippen MR) is 129 cm³/mol. The van der Waals surface area contributed by atoms with Crippen LogP contribution in [0.25, 0.3) is 5.82 Å². The Labute approximate surface area is 192 Å². The third-order valence-electron chi connectivity index (χ3n) is 5.72. The number of nitrogens with zero attached hydrogens (tertiary/aromatic N) is 6. The Kier molecular flexibility index (Phi) is 6.12. The molecule has 2 aromatic carbocycles. The van der Waals surface area contributed by atoms with Gasteiger partial charge in [0.05, 0.1) is 0 Å². The lowest BCUT2D eigenvalue weighted by atomic mass is 10.0. The molecule has 4 aromatic rings. The highest BCUT2D eigenvalue weighted by molar-refractivity contribution is 5.54. The molecule has 0 radical (unpaired) electrons. The van der Waals surface area contributed by atoms with Gasteiger partial charge in [0.1, 0.15) is 12.1 Å². The molecule has 0 bridgehead atoms. The zero-order valence-electron chi connectivity index (χ0n) is 18.3. The van der Waals surface area contributed by atoms with E-state index in [0.717, 1.165) is 44.0 Å². The molecule has 2 aromatic heterocycles. The molecule has 1 saturated heterocycles. The molecule has 0 aliphatic carbocycles. The van der Waals surface area contributed by atoms with E-state index in [9.17, 15) is 0 Å². The minimum Gasteiger partial charge on any atom is -0.368 e. The van der Waals surface area contributed by atoms with Crippen molar-refractivity contribution in [2.24, 2.45) is 0 Å². The van der Waals surface area contributed by atoms with Crippen molar-refractivity contribution in [2.75, 3.05) is 29.5 Å². The maximum absolute atomic E-state index is 6.10. The van der Waals surface area contributed by atoms with Crippen LogP contribution < -0.4 is 16.4 Å². The summed E-state index contributed by atoms with van der Waals surface area (Å²) in [6.45, 7) is 3.10. The van der Waals surface area contributed by atoms with Crippen LogP contribution in [0.5, 0.6) is 0 Å². The van der Waals surface area contributed by atoms with Gasteiger partial charge in [-0.05, 0) is 30.5 Å². The van der Waals surface area contributed by atoms with Crippen molar-refractivity contribution in [3.63, 3.8) is 0 Å². The number of nitrogens with one attached hydrogen (secondary N) is 2. The number of anilines is 4. The number of hydrogen-bond acceptors (Lipinski definition) is 8.